The van der Waals surface area contributed by atoms with Gasteiger partial charge in [-0.2, -0.15) is 11.8 Å². The largest absolute Gasteiger partial charge is 0.436 e. The van der Waals surface area contributed by atoms with Crippen LogP contribution in [0.25, 0.3) is 16.9 Å². The second kappa shape index (κ2) is 9.72. The molecule has 4 aromatic rings. The van der Waals surface area contributed by atoms with Crippen molar-refractivity contribution in [1.29, 1.82) is 0 Å². The van der Waals surface area contributed by atoms with Gasteiger partial charge in [0.05, 0.1) is 23.8 Å². The quantitative estimate of drug-likeness (QED) is 0.405. The first-order valence-corrected chi connectivity index (χ1v) is 12.4. The molecule has 0 unspecified atom stereocenters. The van der Waals surface area contributed by atoms with Gasteiger partial charge in [0.15, 0.2) is 5.65 Å². The van der Waals surface area contributed by atoms with Crippen LogP contribution in [-0.4, -0.2) is 43.5 Å². The molecule has 1 aliphatic rings. The van der Waals surface area contributed by atoms with Crippen LogP contribution in [0, 0.1) is 12.8 Å². The van der Waals surface area contributed by atoms with Crippen molar-refractivity contribution in [3.05, 3.63) is 66.1 Å². The van der Waals surface area contributed by atoms with Gasteiger partial charge in [0.2, 0.25) is 11.8 Å². The predicted octanol–water partition coefficient (Wildman–Crippen LogP) is 4.55. The molecule has 1 fully saturated rings. The number of nitrogens with two attached hydrogens (primary N) is 1. The minimum Gasteiger partial charge on any atom is -0.436 e. The molecular weight excluding hydrogens is 448 g/mol. The fourth-order valence-corrected chi connectivity index (χ4v) is 5.36. The van der Waals surface area contributed by atoms with E-state index in [1.807, 2.05) is 49.0 Å². The Kier molecular flexibility index (Phi) is 6.35. The van der Waals surface area contributed by atoms with Crippen LogP contribution in [0.15, 0.2) is 55.0 Å². The van der Waals surface area contributed by atoms with E-state index in [0.717, 1.165) is 34.7 Å². The Bertz CT molecular complexity index is 1320. The first-order valence-electron chi connectivity index (χ1n) is 11.3. The number of aromatic nitrogens is 4. The van der Waals surface area contributed by atoms with E-state index in [9.17, 15) is 4.79 Å². The maximum atomic E-state index is 11.7. The number of amides is 1. The van der Waals surface area contributed by atoms with Crippen LogP contribution in [-0.2, 0) is 0 Å². The zero-order chi connectivity index (χ0) is 23.5. The lowest BCUT2D eigenvalue weighted by Crippen LogP contribution is -2.19. The molecule has 0 aliphatic carbocycles. The van der Waals surface area contributed by atoms with Gasteiger partial charge in [-0.3, -0.25) is 9.78 Å². The van der Waals surface area contributed by atoms with Crippen LogP contribution >= 0.6 is 11.8 Å². The lowest BCUT2D eigenvalue weighted by Gasteiger charge is -2.22. The summed E-state index contributed by atoms with van der Waals surface area (Å²) >= 11 is 2.02. The summed E-state index contributed by atoms with van der Waals surface area (Å²) in [5.74, 6) is 3.65. The monoisotopic (exact) mass is 474 g/mol. The smallest absolute Gasteiger partial charge is 0.248 e. The highest BCUT2D eigenvalue weighted by molar-refractivity contribution is 7.99. The van der Waals surface area contributed by atoms with Crippen molar-refractivity contribution >= 4 is 29.0 Å². The van der Waals surface area contributed by atoms with Gasteiger partial charge in [0.1, 0.15) is 5.75 Å². The van der Waals surface area contributed by atoms with Gasteiger partial charge in [0.25, 0.3) is 0 Å². The summed E-state index contributed by atoms with van der Waals surface area (Å²) in [7, 11) is 0. The van der Waals surface area contributed by atoms with Crippen molar-refractivity contribution in [2.75, 3.05) is 23.4 Å². The maximum absolute atomic E-state index is 11.7. The summed E-state index contributed by atoms with van der Waals surface area (Å²) in [6, 6.07) is 11.1. The molecule has 0 atom stereocenters. The Morgan fingerprint density at radius 1 is 1.24 bits per heavy atom. The van der Waals surface area contributed by atoms with Crippen LogP contribution in [0.3, 0.4) is 0 Å². The molecule has 1 amide bonds. The fourth-order valence-electron chi connectivity index (χ4n) is 4.16. The molecule has 3 N–H and O–H groups in total. The van der Waals surface area contributed by atoms with E-state index in [0.29, 0.717) is 23.1 Å². The van der Waals surface area contributed by atoms with Gasteiger partial charge in [-0.1, -0.05) is 6.07 Å². The molecule has 5 rings (SSSR count). The average molecular weight is 475 g/mol. The van der Waals surface area contributed by atoms with Crippen molar-refractivity contribution in [3.63, 3.8) is 0 Å². The minimum atomic E-state index is -0.444. The third-order valence-electron chi connectivity index (χ3n) is 6.01. The fraction of sp³-hybridized carbons (Fsp3) is 0.280. The van der Waals surface area contributed by atoms with Gasteiger partial charge < -0.3 is 15.8 Å². The number of carbonyl (C=O) groups is 1. The summed E-state index contributed by atoms with van der Waals surface area (Å²) < 4.78 is 7.81. The standard InChI is InChI=1S/C25H26N6O2S/c1-16-11-18(4-5-20(16)24(26)32)22-15-29-25-21(28-13-17-6-9-34-10-7-17)12-23(30-31(22)25)33-19-3-2-8-27-14-19/h2-5,8,11-12,14-15,17,28H,6-7,9-10,13H2,1H3,(H2,26,32). The van der Waals surface area contributed by atoms with E-state index < -0.39 is 5.91 Å². The van der Waals surface area contributed by atoms with Gasteiger partial charge in [0, 0.05) is 29.9 Å². The van der Waals surface area contributed by atoms with Crippen molar-refractivity contribution in [1.82, 2.24) is 19.6 Å². The van der Waals surface area contributed by atoms with Crippen molar-refractivity contribution in [3.8, 4) is 22.9 Å². The number of hydrogen-bond donors (Lipinski definition) is 2. The molecule has 8 nitrogen and oxygen atoms in total. The zero-order valence-electron chi connectivity index (χ0n) is 18.9. The highest BCUT2D eigenvalue weighted by Gasteiger charge is 2.18. The summed E-state index contributed by atoms with van der Waals surface area (Å²) in [5.41, 5.74) is 10.0. The molecule has 4 heterocycles. The predicted molar refractivity (Wildman–Crippen MR) is 135 cm³/mol. The molecule has 1 saturated heterocycles. The molecular formula is C25H26N6O2S. The molecule has 0 spiro atoms. The van der Waals surface area contributed by atoms with E-state index in [1.54, 1.807) is 29.2 Å². The number of pyridine rings is 1. The average Bonchev–Trinajstić information content (AvgIpc) is 3.27. The SMILES string of the molecule is Cc1cc(-c2cnc3c(NCC4CCSCC4)cc(Oc4cccnc4)nn23)ccc1C(N)=O. The van der Waals surface area contributed by atoms with Gasteiger partial charge in [-0.15, -0.1) is 5.10 Å². The Balaban J connectivity index is 1.54. The molecule has 0 bridgehead atoms. The normalized spacial score (nSPS) is 14.3. The number of primary amides is 1. The Morgan fingerprint density at radius 2 is 2.09 bits per heavy atom. The van der Waals surface area contributed by atoms with Crippen LogP contribution in [0.1, 0.15) is 28.8 Å². The number of benzene rings is 1. The molecule has 34 heavy (non-hydrogen) atoms. The van der Waals surface area contributed by atoms with Crippen molar-refractivity contribution in [2.24, 2.45) is 11.7 Å². The Morgan fingerprint density at radius 3 is 2.82 bits per heavy atom. The third kappa shape index (κ3) is 4.70. The van der Waals surface area contributed by atoms with E-state index in [1.165, 1.54) is 24.3 Å². The number of rotatable bonds is 7. The zero-order valence-corrected chi connectivity index (χ0v) is 19.7. The highest BCUT2D eigenvalue weighted by Crippen LogP contribution is 2.30. The minimum absolute atomic E-state index is 0.437. The van der Waals surface area contributed by atoms with Crippen LogP contribution < -0.4 is 15.8 Å². The number of aryl methyl sites for hydroxylation is 1. The summed E-state index contributed by atoms with van der Waals surface area (Å²) in [4.78, 5) is 20.4. The first-order chi connectivity index (χ1) is 16.6. The molecule has 1 aromatic carbocycles. The number of thioether (sulfide) groups is 1. The number of fused-ring (bicyclic) bond motifs is 1. The number of imidazole rings is 1. The molecule has 174 valence electrons. The summed E-state index contributed by atoms with van der Waals surface area (Å²) in [6.45, 7) is 2.74. The second-order valence-corrected chi connectivity index (χ2v) is 9.62. The van der Waals surface area contributed by atoms with Crippen LogP contribution in [0.5, 0.6) is 11.6 Å². The molecule has 0 radical (unpaired) electrons. The van der Waals surface area contributed by atoms with E-state index in [4.69, 9.17) is 15.6 Å². The Labute approximate surface area is 201 Å². The third-order valence-corrected chi connectivity index (χ3v) is 7.06. The second-order valence-electron chi connectivity index (χ2n) is 8.40. The molecule has 0 saturated carbocycles. The van der Waals surface area contributed by atoms with Crippen molar-refractivity contribution < 1.29 is 9.53 Å². The number of nitrogens with zero attached hydrogens (tertiary/aromatic N) is 4. The van der Waals surface area contributed by atoms with Crippen LogP contribution in [0.2, 0.25) is 0 Å². The first kappa shape index (κ1) is 22.2. The number of hydrogen-bond acceptors (Lipinski definition) is 7. The van der Waals surface area contributed by atoms with E-state index in [-0.39, 0.29) is 0 Å². The lowest BCUT2D eigenvalue weighted by molar-refractivity contribution is 0.0999. The summed E-state index contributed by atoms with van der Waals surface area (Å²) in [5, 5.41) is 8.31. The van der Waals surface area contributed by atoms with Crippen LogP contribution in [0.4, 0.5) is 5.69 Å². The number of ether oxygens (including phenoxy) is 1. The molecule has 1 aliphatic heterocycles. The Hall–Kier alpha value is -3.59. The van der Waals surface area contributed by atoms with Gasteiger partial charge in [-0.05, 0) is 67.0 Å². The van der Waals surface area contributed by atoms with Crippen molar-refractivity contribution in [2.45, 2.75) is 19.8 Å². The van der Waals surface area contributed by atoms with E-state index >= 15 is 0 Å². The lowest BCUT2D eigenvalue weighted by atomic mass is 10.0. The number of anilines is 1. The van der Waals surface area contributed by atoms with Gasteiger partial charge in [-0.25, -0.2) is 9.50 Å². The summed E-state index contributed by atoms with van der Waals surface area (Å²) in [6.07, 6.45) is 7.56. The highest BCUT2D eigenvalue weighted by atomic mass is 32.2. The van der Waals surface area contributed by atoms with E-state index in [2.05, 4.69) is 15.3 Å². The topological polar surface area (TPSA) is 107 Å². The molecule has 3 aromatic heterocycles. The number of nitrogens with one attached hydrogen (secondary N) is 1. The maximum Gasteiger partial charge on any atom is 0.248 e. The molecule has 9 heteroatoms. The van der Waals surface area contributed by atoms with Gasteiger partial charge >= 0.3 is 0 Å². The number of carbonyl (C=O) groups excluding carboxylic acids is 1.